The molecule has 0 aliphatic heterocycles. The van der Waals surface area contributed by atoms with Gasteiger partial charge in [0.15, 0.2) is 5.58 Å². The van der Waals surface area contributed by atoms with Crippen molar-refractivity contribution in [1.82, 2.24) is 9.47 Å². The van der Waals surface area contributed by atoms with Gasteiger partial charge in [0.2, 0.25) is 0 Å². The van der Waals surface area contributed by atoms with Crippen molar-refractivity contribution in [3.05, 3.63) is 34.8 Å². The van der Waals surface area contributed by atoms with E-state index >= 15 is 0 Å². The topological polar surface area (TPSA) is 58.6 Å². The predicted octanol–water partition coefficient (Wildman–Crippen LogP) is 1.30. The molecule has 104 valence electrons. The summed E-state index contributed by atoms with van der Waals surface area (Å²) < 4.78 is 6.86. The maximum absolute atomic E-state index is 11.8. The van der Waals surface area contributed by atoms with Crippen LogP contribution in [-0.2, 0) is 6.54 Å². The minimum Gasteiger partial charge on any atom is -0.408 e. The number of likely N-dealkylation sites (N-methyl/N-ethyl adjacent to an activating group) is 1. The Bertz CT molecular complexity index is 573. The summed E-state index contributed by atoms with van der Waals surface area (Å²) in [6.45, 7) is 5.41. The quantitative estimate of drug-likeness (QED) is 0.819. The van der Waals surface area contributed by atoms with Crippen LogP contribution in [0.2, 0.25) is 0 Å². The number of fused-ring (bicyclic) bond motifs is 1. The van der Waals surface area contributed by atoms with Gasteiger partial charge in [-0.3, -0.25) is 4.57 Å². The fraction of sp³-hybridized carbons (Fsp3) is 0.500. The van der Waals surface area contributed by atoms with E-state index in [2.05, 4.69) is 11.8 Å². The van der Waals surface area contributed by atoms with E-state index in [1.165, 1.54) is 0 Å². The third kappa shape index (κ3) is 3.24. The highest BCUT2D eigenvalue weighted by atomic mass is 16.4. The van der Waals surface area contributed by atoms with Crippen LogP contribution in [0.5, 0.6) is 0 Å². The molecule has 0 amide bonds. The minimum atomic E-state index is -0.306. The summed E-state index contributed by atoms with van der Waals surface area (Å²) in [5, 5.41) is 8.85. The maximum Gasteiger partial charge on any atom is 0.419 e. The van der Waals surface area contributed by atoms with Crippen molar-refractivity contribution < 1.29 is 9.52 Å². The molecule has 5 heteroatoms. The summed E-state index contributed by atoms with van der Waals surface area (Å²) in [6, 6.07) is 7.45. The lowest BCUT2D eigenvalue weighted by Crippen LogP contribution is -2.31. The molecule has 0 spiro atoms. The van der Waals surface area contributed by atoms with Crippen molar-refractivity contribution in [1.29, 1.82) is 0 Å². The highest BCUT2D eigenvalue weighted by Gasteiger charge is 2.09. The van der Waals surface area contributed by atoms with E-state index in [1.54, 1.807) is 10.6 Å². The monoisotopic (exact) mass is 264 g/mol. The van der Waals surface area contributed by atoms with Crippen LogP contribution < -0.4 is 5.76 Å². The van der Waals surface area contributed by atoms with E-state index < -0.39 is 0 Å². The summed E-state index contributed by atoms with van der Waals surface area (Å²) >= 11 is 0. The molecule has 0 unspecified atom stereocenters. The molecular formula is C14H20N2O3. The van der Waals surface area contributed by atoms with E-state index in [4.69, 9.17) is 9.52 Å². The van der Waals surface area contributed by atoms with Crippen LogP contribution in [0.4, 0.5) is 0 Å². The Hall–Kier alpha value is -1.59. The van der Waals surface area contributed by atoms with Gasteiger partial charge in [0.1, 0.15) is 0 Å². The van der Waals surface area contributed by atoms with E-state index in [0.29, 0.717) is 12.1 Å². The van der Waals surface area contributed by atoms with Gasteiger partial charge in [0.25, 0.3) is 0 Å². The van der Waals surface area contributed by atoms with Crippen LogP contribution in [0.15, 0.2) is 33.5 Å². The average molecular weight is 264 g/mol. The molecule has 0 atom stereocenters. The number of benzene rings is 1. The molecule has 1 aromatic carbocycles. The van der Waals surface area contributed by atoms with Gasteiger partial charge in [-0.15, -0.1) is 0 Å². The van der Waals surface area contributed by atoms with E-state index in [9.17, 15) is 4.79 Å². The SMILES string of the molecule is CCN(CCCO)CCn1c(=O)oc2ccccc21. The third-order valence-corrected chi connectivity index (χ3v) is 3.29. The van der Waals surface area contributed by atoms with E-state index in [-0.39, 0.29) is 12.4 Å². The molecule has 1 heterocycles. The van der Waals surface area contributed by atoms with Crippen LogP contribution >= 0.6 is 0 Å². The number of hydrogen-bond donors (Lipinski definition) is 1. The molecule has 19 heavy (non-hydrogen) atoms. The fourth-order valence-corrected chi connectivity index (χ4v) is 2.19. The number of aliphatic hydroxyl groups is 1. The standard InChI is InChI=1S/C14H20N2O3/c1-2-15(8-5-11-17)9-10-16-12-6-3-4-7-13(12)19-14(16)18/h3-4,6-7,17H,2,5,8-11H2,1H3. The van der Waals surface area contributed by atoms with Crippen LogP contribution in [0.1, 0.15) is 13.3 Å². The van der Waals surface area contributed by atoms with Crippen molar-refractivity contribution in [2.24, 2.45) is 0 Å². The lowest BCUT2D eigenvalue weighted by atomic mass is 10.3. The highest BCUT2D eigenvalue weighted by Crippen LogP contribution is 2.11. The predicted molar refractivity (Wildman–Crippen MR) is 74.3 cm³/mol. The molecule has 0 aliphatic carbocycles. The highest BCUT2D eigenvalue weighted by molar-refractivity contribution is 5.72. The van der Waals surface area contributed by atoms with Gasteiger partial charge < -0.3 is 14.4 Å². The Morgan fingerprint density at radius 3 is 2.84 bits per heavy atom. The zero-order chi connectivity index (χ0) is 13.7. The van der Waals surface area contributed by atoms with Crippen molar-refractivity contribution in [3.63, 3.8) is 0 Å². The number of nitrogens with zero attached hydrogens (tertiary/aromatic N) is 2. The molecule has 0 saturated carbocycles. The molecule has 1 N–H and O–H groups in total. The van der Waals surface area contributed by atoms with Crippen LogP contribution in [-0.4, -0.2) is 40.8 Å². The number of aliphatic hydroxyl groups excluding tert-OH is 1. The Kier molecular flexibility index (Phi) is 4.76. The first-order valence-corrected chi connectivity index (χ1v) is 6.68. The summed E-state index contributed by atoms with van der Waals surface area (Å²) in [4.78, 5) is 14.0. The van der Waals surface area contributed by atoms with Gasteiger partial charge in [-0.25, -0.2) is 4.79 Å². The summed E-state index contributed by atoms with van der Waals surface area (Å²) in [6.07, 6.45) is 0.759. The van der Waals surface area contributed by atoms with Crippen LogP contribution in [0.25, 0.3) is 11.1 Å². The minimum absolute atomic E-state index is 0.199. The van der Waals surface area contributed by atoms with Gasteiger partial charge in [-0.2, -0.15) is 0 Å². The third-order valence-electron chi connectivity index (χ3n) is 3.29. The summed E-state index contributed by atoms with van der Waals surface area (Å²) in [5.74, 6) is -0.306. The molecule has 0 radical (unpaired) electrons. The number of oxazole rings is 1. The Labute approximate surface area is 112 Å². The second kappa shape index (κ2) is 6.54. The smallest absolute Gasteiger partial charge is 0.408 e. The number of hydrogen-bond acceptors (Lipinski definition) is 4. The molecule has 0 fully saturated rings. The van der Waals surface area contributed by atoms with Crippen LogP contribution in [0, 0.1) is 0 Å². The average Bonchev–Trinajstić information content (AvgIpc) is 2.75. The van der Waals surface area contributed by atoms with Crippen LogP contribution in [0.3, 0.4) is 0 Å². The zero-order valence-electron chi connectivity index (χ0n) is 11.2. The molecule has 5 nitrogen and oxygen atoms in total. The van der Waals surface area contributed by atoms with Crippen molar-refractivity contribution >= 4 is 11.1 Å². The van der Waals surface area contributed by atoms with Crippen molar-refractivity contribution in [2.45, 2.75) is 19.9 Å². The molecule has 0 bridgehead atoms. The van der Waals surface area contributed by atoms with Gasteiger partial charge in [0, 0.05) is 26.2 Å². The number of aromatic nitrogens is 1. The zero-order valence-corrected chi connectivity index (χ0v) is 11.2. The van der Waals surface area contributed by atoms with E-state index in [0.717, 1.165) is 31.6 Å². The molecule has 2 aromatic rings. The first kappa shape index (κ1) is 13.8. The molecule has 1 aromatic heterocycles. The molecule has 0 saturated heterocycles. The second-order valence-electron chi connectivity index (χ2n) is 4.50. The van der Waals surface area contributed by atoms with Crippen molar-refractivity contribution in [3.8, 4) is 0 Å². The largest absolute Gasteiger partial charge is 0.419 e. The normalized spacial score (nSPS) is 11.5. The summed E-state index contributed by atoms with van der Waals surface area (Å²) in [5.41, 5.74) is 1.47. The molecule has 0 aliphatic rings. The maximum atomic E-state index is 11.8. The fourth-order valence-electron chi connectivity index (χ4n) is 2.19. The first-order valence-electron chi connectivity index (χ1n) is 6.68. The Morgan fingerprint density at radius 1 is 1.32 bits per heavy atom. The summed E-state index contributed by atoms with van der Waals surface area (Å²) in [7, 11) is 0. The van der Waals surface area contributed by atoms with Crippen molar-refractivity contribution in [2.75, 3.05) is 26.2 Å². The second-order valence-corrected chi connectivity index (χ2v) is 4.50. The van der Waals surface area contributed by atoms with Gasteiger partial charge >= 0.3 is 5.76 Å². The van der Waals surface area contributed by atoms with Gasteiger partial charge in [0.05, 0.1) is 5.52 Å². The molecule has 2 rings (SSSR count). The lowest BCUT2D eigenvalue weighted by molar-refractivity contribution is 0.224. The number of para-hydroxylation sites is 2. The Balaban J connectivity index is 2.08. The first-order chi connectivity index (χ1) is 9.26. The number of rotatable bonds is 7. The van der Waals surface area contributed by atoms with Gasteiger partial charge in [-0.1, -0.05) is 19.1 Å². The molecular weight excluding hydrogens is 244 g/mol. The Morgan fingerprint density at radius 2 is 2.11 bits per heavy atom. The van der Waals surface area contributed by atoms with Gasteiger partial charge in [-0.05, 0) is 25.1 Å². The van der Waals surface area contributed by atoms with E-state index in [1.807, 2.05) is 18.2 Å². The lowest BCUT2D eigenvalue weighted by Gasteiger charge is -2.19.